The number of benzene rings is 2. The zero-order valence-electron chi connectivity index (χ0n) is 15.0. The third-order valence-corrected chi connectivity index (χ3v) is 5.07. The van der Waals surface area contributed by atoms with E-state index < -0.39 is 0 Å². The molecule has 0 unspecified atom stereocenters. The van der Waals surface area contributed by atoms with Crippen LogP contribution in [0.5, 0.6) is 0 Å². The summed E-state index contributed by atoms with van der Waals surface area (Å²) in [4.78, 5) is 38.7. The molecular weight excluding hydrogens is 342 g/mol. The summed E-state index contributed by atoms with van der Waals surface area (Å²) in [6.45, 7) is 1.09. The number of nitrogens with one attached hydrogen (secondary N) is 1. The number of hydrogen-bond donors (Lipinski definition) is 1. The monoisotopic (exact) mass is 363 g/mol. The van der Waals surface area contributed by atoms with Gasteiger partial charge >= 0.3 is 0 Å². The summed E-state index contributed by atoms with van der Waals surface area (Å²) < 4.78 is 0. The highest BCUT2D eigenvalue weighted by Crippen LogP contribution is 2.34. The van der Waals surface area contributed by atoms with Gasteiger partial charge in [-0.3, -0.25) is 19.3 Å². The molecular formula is C21H21N3O3. The first-order valence-corrected chi connectivity index (χ1v) is 9.20. The van der Waals surface area contributed by atoms with Crippen molar-refractivity contribution >= 4 is 34.8 Å². The van der Waals surface area contributed by atoms with Crippen LogP contribution in [0.1, 0.15) is 24.8 Å². The first kappa shape index (κ1) is 17.3. The van der Waals surface area contributed by atoms with E-state index in [2.05, 4.69) is 28.4 Å². The molecule has 0 spiro atoms. The second-order valence-corrected chi connectivity index (χ2v) is 6.81. The number of hydrogen-bond acceptors (Lipinski definition) is 4. The van der Waals surface area contributed by atoms with Gasteiger partial charge in [-0.2, -0.15) is 0 Å². The van der Waals surface area contributed by atoms with Gasteiger partial charge in [0.05, 0.1) is 0 Å². The Labute approximate surface area is 157 Å². The molecule has 138 valence electrons. The lowest BCUT2D eigenvalue weighted by atomic mass is 10.2. The molecule has 1 N–H and O–H groups in total. The largest absolute Gasteiger partial charge is 0.341 e. The molecule has 0 saturated carbocycles. The topological polar surface area (TPSA) is 69.7 Å². The molecule has 3 amide bonds. The quantitative estimate of drug-likeness (QED) is 0.830. The average Bonchev–Trinajstić information content (AvgIpc) is 3.24. The fraction of sp³-hybridized carbons (Fsp3) is 0.286. The predicted molar refractivity (Wildman–Crippen MR) is 103 cm³/mol. The Balaban J connectivity index is 1.35. The lowest BCUT2D eigenvalue weighted by Gasteiger charge is -2.20. The second kappa shape index (κ2) is 7.23. The van der Waals surface area contributed by atoms with E-state index in [-0.39, 0.29) is 43.5 Å². The highest BCUT2D eigenvalue weighted by molar-refractivity contribution is 6.02. The maximum atomic E-state index is 12.1. The Bertz CT molecular complexity index is 876. The van der Waals surface area contributed by atoms with Crippen LogP contribution in [0.15, 0.2) is 48.5 Å². The maximum Gasteiger partial charge on any atom is 0.229 e. The standard InChI is InChI=1S/C21H21N3O3/c25-19(12-14-24-20(26)9-10-21(24)27)22-16-5-7-17(8-6-16)23-13-11-15-3-1-2-4-18(15)23/h1-8H,9-14H2,(H,22,25). The van der Waals surface area contributed by atoms with Crippen molar-refractivity contribution in [1.82, 2.24) is 4.90 Å². The number of para-hydroxylation sites is 1. The summed E-state index contributed by atoms with van der Waals surface area (Å²) in [7, 11) is 0. The number of fused-ring (bicyclic) bond motifs is 1. The molecule has 0 bridgehead atoms. The second-order valence-electron chi connectivity index (χ2n) is 6.81. The number of carbonyl (C=O) groups excluding carboxylic acids is 3. The fourth-order valence-electron chi connectivity index (χ4n) is 3.64. The molecule has 1 fully saturated rings. The van der Waals surface area contributed by atoms with Gasteiger partial charge in [-0.05, 0) is 42.3 Å². The average molecular weight is 363 g/mol. The molecule has 0 aliphatic carbocycles. The van der Waals surface area contributed by atoms with E-state index in [1.54, 1.807) is 0 Å². The van der Waals surface area contributed by atoms with Crippen molar-refractivity contribution in [2.75, 3.05) is 23.3 Å². The Hall–Kier alpha value is -3.15. The van der Waals surface area contributed by atoms with Gasteiger partial charge in [-0.25, -0.2) is 0 Å². The number of rotatable bonds is 5. The smallest absolute Gasteiger partial charge is 0.229 e. The van der Waals surface area contributed by atoms with E-state index in [9.17, 15) is 14.4 Å². The number of anilines is 3. The van der Waals surface area contributed by atoms with E-state index in [1.807, 2.05) is 30.3 Å². The van der Waals surface area contributed by atoms with E-state index in [0.29, 0.717) is 5.69 Å². The van der Waals surface area contributed by atoms with Gasteiger partial charge in [0.15, 0.2) is 0 Å². The SMILES string of the molecule is O=C(CCN1C(=O)CCC1=O)Nc1ccc(N2CCc3ccccc32)cc1. The molecule has 2 aliphatic rings. The lowest BCUT2D eigenvalue weighted by molar-refractivity contribution is -0.138. The van der Waals surface area contributed by atoms with Gasteiger partial charge in [-0.1, -0.05) is 18.2 Å². The molecule has 1 saturated heterocycles. The Morgan fingerprint density at radius 1 is 0.926 bits per heavy atom. The molecule has 0 radical (unpaired) electrons. The van der Waals surface area contributed by atoms with E-state index in [4.69, 9.17) is 0 Å². The number of carbonyl (C=O) groups is 3. The third-order valence-electron chi connectivity index (χ3n) is 5.07. The van der Waals surface area contributed by atoms with E-state index >= 15 is 0 Å². The maximum absolute atomic E-state index is 12.1. The van der Waals surface area contributed by atoms with Crippen molar-refractivity contribution in [2.24, 2.45) is 0 Å². The number of likely N-dealkylation sites (tertiary alicyclic amines) is 1. The predicted octanol–water partition coefficient (Wildman–Crippen LogP) is 2.86. The van der Waals surface area contributed by atoms with Gasteiger partial charge in [0, 0.05) is 49.4 Å². The molecule has 27 heavy (non-hydrogen) atoms. The molecule has 0 atom stereocenters. The third kappa shape index (κ3) is 3.56. The van der Waals surface area contributed by atoms with Crippen molar-refractivity contribution in [2.45, 2.75) is 25.7 Å². The summed E-state index contributed by atoms with van der Waals surface area (Å²) in [6.07, 6.45) is 1.64. The van der Waals surface area contributed by atoms with Crippen molar-refractivity contribution < 1.29 is 14.4 Å². The molecule has 0 aromatic heterocycles. The first-order valence-electron chi connectivity index (χ1n) is 9.20. The first-order chi connectivity index (χ1) is 13.1. The minimum Gasteiger partial charge on any atom is -0.341 e. The van der Waals surface area contributed by atoms with Crippen LogP contribution in [0.2, 0.25) is 0 Å². The van der Waals surface area contributed by atoms with E-state index in [1.165, 1.54) is 16.2 Å². The zero-order valence-corrected chi connectivity index (χ0v) is 15.0. The Morgan fingerprint density at radius 3 is 2.37 bits per heavy atom. The van der Waals surface area contributed by atoms with Crippen LogP contribution in [0.3, 0.4) is 0 Å². The van der Waals surface area contributed by atoms with E-state index in [0.717, 1.165) is 18.7 Å². The number of imide groups is 1. The molecule has 4 rings (SSSR count). The summed E-state index contributed by atoms with van der Waals surface area (Å²) in [5.41, 5.74) is 4.37. The summed E-state index contributed by atoms with van der Waals surface area (Å²) in [5.74, 6) is -0.590. The van der Waals surface area contributed by atoms with Crippen LogP contribution in [0, 0.1) is 0 Å². The fourth-order valence-corrected chi connectivity index (χ4v) is 3.64. The van der Waals surface area contributed by atoms with Crippen LogP contribution in [0.4, 0.5) is 17.1 Å². The van der Waals surface area contributed by atoms with Crippen LogP contribution in [-0.2, 0) is 20.8 Å². The summed E-state index contributed by atoms with van der Waals surface area (Å²) in [5, 5.41) is 2.83. The van der Waals surface area contributed by atoms with Crippen molar-refractivity contribution in [3.8, 4) is 0 Å². The summed E-state index contributed by atoms with van der Waals surface area (Å²) in [6, 6.07) is 16.1. The Kier molecular flexibility index (Phi) is 4.62. The van der Waals surface area contributed by atoms with Crippen LogP contribution in [0.25, 0.3) is 0 Å². The highest BCUT2D eigenvalue weighted by atomic mass is 16.2. The summed E-state index contributed by atoms with van der Waals surface area (Å²) >= 11 is 0. The van der Waals surface area contributed by atoms with Crippen molar-refractivity contribution in [3.05, 3.63) is 54.1 Å². The van der Waals surface area contributed by atoms with Gasteiger partial charge < -0.3 is 10.2 Å². The molecule has 2 aliphatic heterocycles. The van der Waals surface area contributed by atoms with Gasteiger partial charge in [0.1, 0.15) is 0 Å². The van der Waals surface area contributed by atoms with Crippen LogP contribution >= 0.6 is 0 Å². The molecule has 6 nitrogen and oxygen atoms in total. The van der Waals surface area contributed by atoms with Gasteiger partial charge in [0.2, 0.25) is 17.7 Å². The highest BCUT2D eigenvalue weighted by Gasteiger charge is 2.28. The molecule has 2 heterocycles. The van der Waals surface area contributed by atoms with Gasteiger partial charge in [-0.15, -0.1) is 0 Å². The number of nitrogens with zero attached hydrogens (tertiary/aromatic N) is 2. The van der Waals surface area contributed by atoms with Crippen LogP contribution < -0.4 is 10.2 Å². The van der Waals surface area contributed by atoms with Gasteiger partial charge in [0.25, 0.3) is 0 Å². The normalized spacial score (nSPS) is 16.0. The minimum absolute atomic E-state index is 0.110. The molecule has 2 aromatic rings. The zero-order chi connectivity index (χ0) is 18.8. The number of amides is 3. The van der Waals surface area contributed by atoms with Crippen LogP contribution in [-0.4, -0.2) is 35.7 Å². The minimum atomic E-state index is -0.207. The lowest BCUT2D eigenvalue weighted by Crippen LogP contribution is -2.32. The van der Waals surface area contributed by atoms with Crippen molar-refractivity contribution in [1.29, 1.82) is 0 Å². The van der Waals surface area contributed by atoms with Crippen molar-refractivity contribution in [3.63, 3.8) is 0 Å². The molecule has 6 heteroatoms. The molecule has 2 aromatic carbocycles. The Morgan fingerprint density at radius 2 is 1.63 bits per heavy atom.